The molecule has 1 saturated heterocycles. The van der Waals surface area contributed by atoms with E-state index in [1.807, 2.05) is 13.8 Å². The minimum atomic E-state index is -0.434. The number of fused-ring (bicyclic) bond motifs is 1. The Kier molecular flexibility index (Phi) is 5.23. The van der Waals surface area contributed by atoms with Gasteiger partial charge in [0.15, 0.2) is 10.9 Å². The molecule has 8 heteroatoms. The zero-order valence-corrected chi connectivity index (χ0v) is 17.2. The van der Waals surface area contributed by atoms with E-state index in [-0.39, 0.29) is 23.0 Å². The van der Waals surface area contributed by atoms with Crippen molar-refractivity contribution in [2.75, 3.05) is 17.2 Å². The summed E-state index contributed by atoms with van der Waals surface area (Å²) in [4.78, 5) is 42.3. The van der Waals surface area contributed by atoms with Crippen LogP contribution in [0.3, 0.4) is 0 Å². The molecule has 1 atom stereocenters. The van der Waals surface area contributed by atoms with Gasteiger partial charge in [-0.15, -0.1) is 0 Å². The summed E-state index contributed by atoms with van der Waals surface area (Å²) in [5, 5.41) is 5.99. The lowest BCUT2D eigenvalue weighted by molar-refractivity contribution is -0.124. The van der Waals surface area contributed by atoms with E-state index in [2.05, 4.69) is 15.6 Å². The second kappa shape index (κ2) is 7.68. The van der Waals surface area contributed by atoms with Crippen LogP contribution in [0.15, 0.2) is 24.3 Å². The highest BCUT2D eigenvalue weighted by atomic mass is 32.1. The molecule has 0 radical (unpaired) electrons. The number of anilines is 2. The fourth-order valence-electron chi connectivity index (χ4n) is 3.69. The fourth-order valence-corrected chi connectivity index (χ4v) is 4.60. The van der Waals surface area contributed by atoms with E-state index >= 15 is 0 Å². The molecule has 29 heavy (non-hydrogen) atoms. The maximum Gasteiger partial charge on any atom is 0.257 e. The molecule has 2 N–H and O–H groups in total. The van der Waals surface area contributed by atoms with Crippen molar-refractivity contribution in [3.63, 3.8) is 0 Å². The average Bonchev–Trinajstić information content (AvgIpc) is 3.31. The minimum Gasteiger partial charge on any atom is -0.368 e. The number of nitrogens with zero attached hydrogens (tertiary/aromatic N) is 1. The maximum atomic E-state index is 12.7. The molecule has 2 aliphatic rings. The Morgan fingerprint density at radius 1 is 1.24 bits per heavy atom. The summed E-state index contributed by atoms with van der Waals surface area (Å²) in [6.07, 6.45) is 2.34. The molecule has 2 amide bonds. The van der Waals surface area contributed by atoms with E-state index in [9.17, 15) is 14.4 Å². The van der Waals surface area contributed by atoms with Gasteiger partial charge in [0.05, 0.1) is 10.6 Å². The second-order valence-corrected chi connectivity index (χ2v) is 9.26. The number of Topliss-reactive ketones (excluding diaryl/α,β-unsaturated/α-hetero) is 1. The lowest BCUT2D eigenvalue weighted by Crippen LogP contribution is -2.27. The molecule has 0 saturated carbocycles. The number of thiazole rings is 1. The minimum absolute atomic E-state index is 0.0769. The van der Waals surface area contributed by atoms with Gasteiger partial charge < -0.3 is 10.1 Å². The summed E-state index contributed by atoms with van der Waals surface area (Å²) in [5.74, 6) is -0.460. The number of benzene rings is 1. The topological polar surface area (TPSA) is 97.4 Å². The van der Waals surface area contributed by atoms with Gasteiger partial charge in [0.1, 0.15) is 6.10 Å². The summed E-state index contributed by atoms with van der Waals surface area (Å²) >= 11 is 1.22. The van der Waals surface area contributed by atoms with E-state index in [0.717, 1.165) is 12.1 Å². The molecule has 7 nitrogen and oxygen atoms in total. The molecule has 1 aromatic heterocycles. The molecule has 4 rings (SSSR count). The van der Waals surface area contributed by atoms with E-state index in [4.69, 9.17) is 4.74 Å². The molecule has 2 heterocycles. The fraction of sp³-hybridized carbons (Fsp3) is 0.429. The molecule has 0 spiro atoms. The Labute approximate surface area is 172 Å². The van der Waals surface area contributed by atoms with Gasteiger partial charge in [-0.2, -0.15) is 0 Å². The molecule has 152 valence electrons. The van der Waals surface area contributed by atoms with Gasteiger partial charge in [-0.25, -0.2) is 4.98 Å². The van der Waals surface area contributed by atoms with E-state index in [1.165, 1.54) is 11.3 Å². The van der Waals surface area contributed by atoms with Crippen molar-refractivity contribution in [2.45, 2.75) is 45.6 Å². The highest BCUT2D eigenvalue weighted by Gasteiger charge is 2.34. The predicted octanol–water partition coefficient (Wildman–Crippen LogP) is 3.67. The van der Waals surface area contributed by atoms with Crippen molar-refractivity contribution in [3.8, 4) is 0 Å². The number of amides is 2. The first-order valence-electron chi connectivity index (χ1n) is 9.67. The number of ketones is 1. The first kappa shape index (κ1) is 19.7. The molecule has 2 aromatic rings. The normalized spacial score (nSPS) is 20.2. The SMILES string of the molecule is CC1(C)CC(=O)c2sc(NC(=O)c3cccc(NC(=O)C4CCCO4)c3)nc2C1. The monoisotopic (exact) mass is 413 g/mol. The van der Waals surface area contributed by atoms with Gasteiger partial charge in [0, 0.05) is 24.3 Å². The Balaban J connectivity index is 1.45. The van der Waals surface area contributed by atoms with Crippen LogP contribution in [-0.4, -0.2) is 35.3 Å². The Morgan fingerprint density at radius 2 is 2.07 bits per heavy atom. The van der Waals surface area contributed by atoms with Crippen molar-refractivity contribution in [1.82, 2.24) is 4.98 Å². The molecule has 1 aromatic carbocycles. The molecule has 1 unspecified atom stereocenters. The highest BCUT2D eigenvalue weighted by Crippen LogP contribution is 2.38. The van der Waals surface area contributed by atoms with Crippen molar-refractivity contribution >= 4 is 39.8 Å². The van der Waals surface area contributed by atoms with Gasteiger partial charge in [-0.3, -0.25) is 19.7 Å². The van der Waals surface area contributed by atoms with Crippen LogP contribution in [0.4, 0.5) is 10.8 Å². The number of hydrogen-bond donors (Lipinski definition) is 2. The smallest absolute Gasteiger partial charge is 0.257 e. The van der Waals surface area contributed by atoms with Crippen LogP contribution < -0.4 is 10.6 Å². The van der Waals surface area contributed by atoms with Crippen molar-refractivity contribution < 1.29 is 19.1 Å². The maximum absolute atomic E-state index is 12.7. The summed E-state index contributed by atoms with van der Waals surface area (Å²) in [5.41, 5.74) is 1.57. The average molecular weight is 413 g/mol. The van der Waals surface area contributed by atoms with Crippen LogP contribution in [-0.2, 0) is 16.0 Å². The first-order chi connectivity index (χ1) is 13.8. The molecule has 1 fully saturated rings. The molecule has 1 aliphatic carbocycles. The number of nitrogens with one attached hydrogen (secondary N) is 2. The van der Waals surface area contributed by atoms with E-state index < -0.39 is 6.10 Å². The Bertz CT molecular complexity index is 976. The number of hydrogen-bond acceptors (Lipinski definition) is 6. The lowest BCUT2D eigenvalue weighted by atomic mass is 9.78. The predicted molar refractivity (Wildman–Crippen MR) is 111 cm³/mol. The second-order valence-electron chi connectivity index (χ2n) is 8.26. The quantitative estimate of drug-likeness (QED) is 0.797. The van der Waals surface area contributed by atoms with E-state index in [0.29, 0.717) is 47.1 Å². The standard InChI is InChI=1S/C21H23N3O4S/c1-21(2)10-14-17(15(25)11-21)29-20(23-14)24-18(26)12-5-3-6-13(9-12)22-19(27)16-7-4-8-28-16/h3,5-6,9,16H,4,7-8,10-11H2,1-2H3,(H,22,27)(H,23,24,26). The highest BCUT2D eigenvalue weighted by molar-refractivity contribution is 7.17. The van der Waals surface area contributed by atoms with Crippen molar-refractivity contribution in [2.24, 2.45) is 5.41 Å². The lowest BCUT2D eigenvalue weighted by Gasteiger charge is -2.26. The van der Waals surface area contributed by atoms with Gasteiger partial charge in [-0.1, -0.05) is 31.3 Å². The first-order valence-corrected chi connectivity index (χ1v) is 10.5. The van der Waals surface area contributed by atoms with Gasteiger partial charge in [0.2, 0.25) is 0 Å². The van der Waals surface area contributed by atoms with Crippen LogP contribution in [0.25, 0.3) is 0 Å². The molecule has 1 aliphatic heterocycles. The molecule has 0 bridgehead atoms. The Hall–Kier alpha value is -2.58. The third kappa shape index (κ3) is 4.38. The van der Waals surface area contributed by atoms with Gasteiger partial charge in [-0.05, 0) is 42.9 Å². The molecular weight excluding hydrogens is 390 g/mol. The van der Waals surface area contributed by atoms with Crippen LogP contribution in [0, 0.1) is 5.41 Å². The number of carbonyl (C=O) groups excluding carboxylic acids is 3. The zero-order chi connectivity index (χ0) is 20.6. The number of rotatable bonds is 4. The summed E-state index contributed by atoms with van der Waals surface area (Å²) < 4.78 is 5.38. The zero-order valence-electron chi connectivity index (χ0n) is 16.4. The third-order valence-electron chi connectivity index (χ3n) is 5.07. The summed E-state index contributed by atoms with van der Waals surface area (Å²) in [6, 6.07) is 6.72. The van der Waals surface area contributed by atoms with Crippen molar-refractivity contribution in [3.05, 3.63) is 40.4 Å². The van der Waals surface area contributed by atoms with Crippen LogP contribution in [0.1, 0.15) is 58.8 Å². The van der Waals surface area contributed by atoms with E-state index in [1.54, 1.807) is 24.3 Å². The number of ether oxygens (including phenoxy) is 1. The summed E-state index contributed by atoms with van der Waals surface area (Å²) in [7, 11) is 0. The summed E-state index contributed by atoms with van der Waals surface area (Å²) in [6.45, 7) is 4.68. The Morgan fingerprint density at radius 3 is 2.83 bits per heavy atom. The number of aromatic nitrogens is 1. The van der Waals surface area contributed by atoms with Gasteiger partial charge in [0.25, 0.3) is 11.8 Å². The van der Waals surface area contributed by atoms with Crippen LogP contribution in [0.5, 0.6) is 0 Å². The molecular formula is C21H23N3O4S. The third-order valence-corrected chi connectivity index (χ3v) is 6.12. The van der Waals surface area contributed by atoms with Gasteiger partial charge >= 0.3 is 0 Å². The van der Waals surface area contributed by atoms with Crippen LogP contribution in [0.2, 0.25) is 0 Å². The number of carbonyl (C=O) groups is 3. The van der Waals surface area contributed by atoms with Crippen molar-refractivity contribution in [1.29, 1.82) is 0 Å². The van der Waals surface area contributed by atoms with Crippen LogP contribution >= 0.6 is 11.3 Å². The largest absolute Gasteiger partial charge is 0.368 e.